The molecule has 6 heteroatoms. The van der Waals surface area contributed by atoms with Crippen molar-refractivity contribution in [3.8, 4) is 0 Å². The maximum absolute atomic E-state index is 12.8. The van der Waals surface area contributed by atoms with Crippen molar-refractivity contribution in [3.05, 3.63) is 41.5 Å². The maximum Gasteiger partial charge on any atom is 0.169 e. The second-order valence-corrected chi connectivity index (χ2v) is 4.93. The zero-order chi connectivity index (χ0) is 13.1. The first-order valence-corrected chi connectivity index (χ1v) is 6.18. The van der Waals surface area contributed by atoms with Crippen LogP contribution in [0, 0.1) is 5.82 Å². The smallest absolute Gasteiger partial charge is 0.169 e. The first-order valence-electron chi connectivity index (χ1n) is 5.74. The van der Waals surface area contributed by atoms with Crippen molar-refractivity contribution in [2.45, 2.75) is 31.7 Å². The molecule has 2 atom stereocenters. The fourth-order valence-electron chi connectivity index (χ4n) is 1.82. The third-order valence-corrected chi connectivity index (χ3v) is 2.93. The molecule has 1 aromatic carbocycles. The van der Waals surface area contributed by atoms with Gasteiger partial charge in [-0.25, -0.2) is 9.07 Å². The Morgan fingerprint density at radius 3 is 2.56 bits per heavy atom. The zero-order valence-electron chi connectivity index (χ0n) is 10.2. The number of halogens is 2. The first-order chi connectivity index (χ1) is 8.58. The van der Waals surface area contributed by atoms with E-state index < -0.39 is 0 Å². The summed E-state index contributed by atoms with van der Waals surface area (Å²) in [6.45, 7) is 3.83. The molecule has 4 nitrogen and oxygen atoms in total. The lowest BCUT2D eigenvalue weighted by Gasteiger charge is -2.14. The van der Waals surface area contributed by atoms with Crippen molar-refractivity contribution in [3.63, 3.8) is 0 Å². The molecule has 1 heterocycles. The molecule has 18 heavy (non-hydrogen) atoms. The molecule has 2 aromatic rings. The van der Waals surface area contributed by atoms with Crippen molar-refractivity contribution in [1.82, 2.24) is 20.2 Å². The Hall–Kier alpha value is -1.49. The summed E-state index contributed by atoms with van der Waals surface area (Å²) in [5.41, 5.74) is 1.03. The fraction of sp³-hybridized carbons (Fsp3) is 0.417. The summed E-state index contributed by atoms with van der Waals surface area (Å²) < 4.78 is 14.5. The van der Waals surface area contributed by atoms with Gasteiger partial charge in [-0.2, -0.15) is 0 Å². The molecule has 0 N–H and O–H groups in total. The van der Waals surface area contributed by atoms with E-state index in [4.69, 9.17) is 11.6 Å². The molecule has 0 radical (unpaired) electrons. The minimum absolute atomic E-state index is 0.0710. The van der Waals surface area contributed by atoms with E-state index in [0.29, 0.717) is 5.82 Å². The first kappa shape index (κ1) is 13.0. The standard InChI is InChI=1S/C12H14ClFN4/c1-8(7-10-3-5-11(14)6-4-10)18-12(9(2)13)15-16-17-18/h3-6,8-9H,7H2,1-2H3. The van der Waals surface area contributed by atoms with Gasteiger partial charge in [0.2, 0.25) is 0 Å². The average molecular weight is 269 g/mol. The monoisotopic (exact) mass is 268 g/mol. The molecule has 0 aliphatic heterocycles. The van der Waals surface area contributed by atoms with Crippen LogP contribution in [0.1, 0.15) is 36.7 Å². The van der Waals surface area contributed by atoms with Crippen LogP contribution in [0.4, 0.5) is 4.39 Å². The van der Waals surface area contributed by atoms with Gasteiger partial charge < -0.3 is 0 Å². The fourth-order valence-corrected chi connectivity index (χ4v) is 1.97. The molecule has 0 saturated carbocycles. The second-order valence-electron chi connectivity index (χ2n) is 4.28. The molecule has 0 fully saturated rings. The van der Waals surface area contributed by atoms with Crippen molar-refractivity contribution in [2.24, 2.45) is 0 Å². The lowest BCUT2D eigenvalue weighted by molar-refractivity contribution is 0.457. The summed E-state index contributed by atoms with van der Waals surface area (Å²) >= 11 is 6.00. The van der Waals surface area contributed by atoms with Crippen LogP contribution in [0.25, 0.3) is 0 Å². The number of nitrogens with zero attached hydrogens (tertiary/aromatic N) is 4. The Labute approximate surface area is 110 Å². The van der Waals surface area contributed by atoms with Gasteiger partial charge in [0.05, 0.1) is 11.4 Å². The normalized spacial score (nSPS) is 14.4. The van der Waals surface area contributed by atoms with Gasteiger partial charge in [0.1, 0.15) is 5.82 Å². The van der Waals surface area contributed by atoms with E-state index in [-0.39, 0.29) is 17.2 Å². The van der Waals surface area contributed by atoms with Gasteiger partial charge >= 0.3 is 0 Å². The number of benzene rings is 1. The van der Waals surface area contributed by atoms with E-state index in [0.717, 1.165) is 12.0 Å². The summed E-state index contributed by atoms with van der Waals surface area (Å²) in [6.07, 6.45) is 0.724. The van der Waals surface area contributed by atoms with Gasteiger partial charge in [-0.1, -0.05) is 12.1 Å². The van der Waals surface area contributed by atoms with E-state index in [1.807, 2.05) is 13.8 Å². The van der Waals surface area contributed by atoms with Gasteiger partial charge in [-0.05, 0) is 48.4 Å². The molecule has 0 aliphatic rings. The summed E-state index contributed by atoms with van der Waals surface area (Å²) in [6, 6.07) is 6.50. The van der Waals surface area contributed by atoms with Gasteiger partial charge in [-0.15, -0.1) is 16.7 Å². The molecule has 0 saturated heterocycles. The zero-order valence-corrected chi connectivity index (χ0v) is 11.0. The lowest BCUT2D eigenvalue weighted by Crippen LogP contribution is -2.14. The van der Waals surface area contributed by atoms with Crippen LogP contribution >= 0.6 is 11.6 Å². The molecule has 96 valence electrons. The van der Waals surface area contributed by atoms with Crippen molar-refractivity contribution in [1.29, 1.82) is 0 Å². The molecule has 2 unspecified atom stereocenters. The average Bonchev–Trinajstić information content (AvgIpc) is 2.81. The summed E-state index contributed by atoms with van der Waals surface area (Å²) in [5.74, 6) is 0.412. The Morgan fingerprint density at radius 1 is 1.28 bits per heavy atom. The van der Waals surface area contributed by atoms with E-state index >= 15 is 0 Å². The number of alkyl halides is 1. The van der Waals surface area contributed by atoms with E-state index in [1.165, 1.54) is 12.1 Å². The predicted octanol–water partition coefficient (Wildman–Crippen LogP) is 2.92. The molecule has 0 amide bonds. The van der Waals surface area contributed by atoms with Crippen LogP contribution < -0.4 is 0 Å². The lowest BCUT2D eigenvalue weighted by atomic mass is 10.1. The van der Waals surface area contributed by atoms with E-state index in [1.54, 1.807) is 16.8 Å². The molecular weight excluding hydrogens is 255 g/mol. The number of rotatable bonds is 4. The Bertz CT molecular complexity index is 509. The Kier molecular flexibility index (Phi) is 3.91. The quantitative estimate of drug-likeness (QED) is 0.801. The van der Waals surface area contributed by atoms with Gasteiger partial charge in [0.25, 0.3) is 0 Å². The van der Waals surface area contributed by atoms with Crippen molar-refractivity contribution < 1.29 is 4.39 Å². The summed E-state index contributed by atoms with van der Waals surface area (Å²) in [5, 5.41) is 11.2. The molecular formula is C12H14ClFN4. The van der Waals surface area contributed by atoms with Crippen LogP contribution in [-0.2, 0) is 6.42 Å². The molecule has 0 spiro atoms. The molecule has 0 aliphatic carbocycles. The Morgan fingerprint density at radius 2 is 1.94 bits per heavy atom. The van der Waals surface area contributed by atoms with Crippen molar-refractivity contribution in [2.75, 3.05) is 0 Å². The number of tetrazole rings is 1. The Balaban J connectivity index is 2.14. The van der Waals surface area contributed by atoms with Gasteiger partial charge in [0, 0.05) is 0 Å². The van der Waals surface area contributed by atoms with Gasteiger partial charge in [0.15, 0.2) is 5.82 Å². The highest BCUT2D eigenvalue weighted by molar-refractivity contribution is 6.20. The topological polar surface area (TPSA) is 43.6 Å². The predicted molar refractivity (Wildman–Crippen MR) is 66.9 cm³/mol. The molecule has 0 bridgehead atoms. The van der Waals surface area contributed by atoms with Crippen LogP contribution in [0.3, 0.4) is 0 Å². The van der Waals surface area contributed by atoms with E-state index in [2.05, 4.69) is 15.5 Å². The number of hydrogen-bond donors (Lipinski definition) is 0. The molecule has 1 aromatic heterocycles. The van der Waals surface area contributed by atoms with Gasteiger partial charge in [-0.3, -0.25) is 0 Å². The minimum Gasteiger partial charge on any atom is -0.225 e. The van der Waals surface area contributed by atoms with Crippen LogP contribution in [0.5, 0.6) is 0 Å². The second kappa shape index (κ2) is 5.44. The van der Waals surface area contributed by atoms with E-state index in [9.17, 15) is 4.39 Å². The summed E-state index contributed by atoms with van der Waals surface area (Å²) in [7, 11) is 0. The largest absolute Gasteiger partial charge is 0.225 e. The highest BCUT2D eigenvalue weighted by Crippen LogP contribution is 2.21. The van der Waals surface area contributed by atoms with Crippen LogP contribution in [-0.4, -0.2) is 20.2 Å². The maximum atomic E-state index is 12.8. The van der Waals surface area contributed by atoms with Crippen LogP contribution in [0.2, 0.25) is 0 Å². The van der Waals surface area contributed by atoms with Crippen molar-refractivity contribution >= 4 is 11.6 Å². The number of aromatic nitrogens is 4. The third-order valence-electron chi connectivity index (χ3n) is 2.74. The van der Waals surface area contributed by atoms with Crippen LogP contribution in [0.15, 0.2) is 24.3 Å². The highest BCUT2D eigenvalue weighted by Gasteiger charge is 2.16. The number of hydrogen-bond acceptors (Lipinski definition) is 3. The SMILES string of the molecule is CC(Cl)c1nnnn1C(C)Cc1ccc(F)cc1. The highest BCUT2D eigenvalue weighted by atomic mass is 35.5. The molecule has 2 rings (SSSR count). The summed E-state index contributed by atoms with van der Waals surface area (Å²) in [4.78, 5) is 0. The minimum atomic E-state index is -0.240. The third kappa shape index (κ3) is 2.85.